The average Bonchev–Trinajstić information content (AvgIpc) is 2.41. The predicted octanol–water partition coefficient (Wildman–Crippen LogP) is -0.418. The Morgan fingerprint density at radius 3 is 2.85 bits per heavy atom. The lowest BCUT2D eigenvalue weighted by Gasteiger charge is -2.33. The summed E-state index contributed by atoms with van der Waals surface area (Å²) in [5.74, 6) is -1.59. The van der Waals surface area contributed by atoms with Gasteiger partial charge in [0.15, 0.2) is 0 Å². The molecule has 2 rings (SSSR count). The molecule has 1 saturated heterocycles. The van der Waals surface area contributed by atoms with Crippen LogP contribution in [0.1, 0.15) is 5.56 Å². The summed E-state index contributed by atoms with van der Waals surface area (Å²) in [5, 5.41) is 2.90. The van der Waals surface area contributed by atoms with Crippen LogP contribution < -0.4 is 11.1 Å². The number of amides is 1. The van der Waals surface area contributed by atoms with Gasteiger partial charge in [-0.25, -0.2) is 12.8 Å². The zero-order chi connectivity index (χ0) is 14.9. The molecular weight excluding hydrogens is 285 g/mol. The highest BCUT2D eigenvalue weighted by atomic mass is 32.2. The van der Waals surface area contributed by atoms with Crippen molar-refractivity contribution in [2.24, 2.45) is 5.73 Å². The van der Waals surface area contributed by atoms with Crippen molar-refractivity contribution in [1.29, 1.82) is 0 Å². The fourth-order valence-electron chi connectivity index (χ4n) is 2.15. The molecule has 1 aliphatic rings. The molecular formula is C12H16FN3O3S. The first-order valence-corrected chi connectivity index (χ1v) is 7.56. The Hall–Kier alpha value is -1.51. The molecule has 8 heteroatoms. The number of hydrogen-bond acceptors (Lipinski definition) is 4. The maximum atomic E-state index is 13.8. The zero-order valence-corrected chi connectivity index (χ0v) is 11.8. The van der Waals surface area contributed by atoms with Gasteiger partial charge in [0.05, 0.1) is 0 Å². The van der Waals surface area contributed by atoms with Crippen LogP contribution in [-0.4, -0.2) is 44.3 Å². The molecule has 1 aromatic rings. The van der Waals surface area contributed by atoms with Gasteiger partial charge in [0.25, 0.3) is 0 Å². The minimum absolute atomic E-state index is 0.0727. The number of carbonyl (C=O) groups is 1. The number of hydrogen-bond donors (Lipinski definition) is 2. The molecule has 1 heterocycles. The number of carbonyl (C=O) groups excluding carboxylic acids is 1. The van der Waals surface area contributed by atoms with Gasteiger partial charge in [-0.2, -0.15) is 4.31 Å². The normalized spacial score (nSPS) is 20.8. The molecule has 110 valence electrons. The lowest BCUT2D eigenvalue weighted by molar-refractivity contribution is -0.122. The van der Waals surface area contributed by atoms with Crippen molar-refractivity contribution in [2.75, 3.05) is 19.6 Å². The largest absolute Gasteiger partial charge is 0.368 e. The van der Waals surface area contributed by atoms with E-state index in [0.29, 0.717) is 12.1 Å². The molecule has 0 saturated carbocycles. The second-order valence-electron chi connectivity index (χ2n) is 4.67. The molecule has 1 aromatic carbocycles. The molecule has 0 aromatic heterocycles. The molecule has 1 unspecified atom stereocenters. The van der Waals surface area contributed by atoms with Gasteiger partial charge in [0.2, 0.25) is 15.9 Å². The summed E-state index contributed by atoms with van der Waals surface area (Å²) in [4.78, 5) is 11.0. The minimum atomic E-state index is -4.09. The van der Waals surface area contributed by atoms with E-state index in [1.165, 1.54) is 12.1 Å². The van der Waals surface area contributed by atoms with E-state index in [-0.39, 0.29) is 13.1 Å². The fourth-order valence-corrected chi connectivity index (χ4v) is 3.90. The number of benzene rings is 1. The molecule has 1 amide bonds. The fraction of sp³-hybridized carbons (Fsp3) is 0.417. The van der Waals surface area contributed by atoms with Gasteiger partial charge >= 0.3 is 0 Å². The van der Waals surface area contributed by atoms with Crippen molar-refractivity contribution < 1.29 is 17.6 Å². The number of nitrogens with two attached hydrogens (primary N) is 1. The Morgan fingerprint density at radius 1 is 1.50 bits per heavy atom. The van der Waals surface area contributed by atoms with Crippen LogP contribution in [0.4, 0.5) is 4.39 Å². The number of sulfonamides is 1. The van der Waals surface area contributed by atoms with Crippen LogP contribution in [0.3, 0.4) is 0 Å². The van der Waals surface area contributed by atoms with Gasteiger partial charge in [0.1, 0.15) is 16.8 Å². The molecule has 1 fully saturated rings. The minimum Gasteiger partial charge on any atom is -0.368 e. The highest BCUT2D eigenvalue weighted by molar-refractivity contribution is 7.89. The number of aryl methyl sites for hydroxylation is 1. The van der Waals surface area contributed by atoms with Gasteiger partial charge in [-0.1, -0.05) is 6.07 Å². The van der Waals surface area contributed by atoms with Gasteiger partial charge in [-0.3, -0.25) is 4.79 Å². The van der Waals surface area contributed by atoms with Crippen molar-refractivity contribution in [3.63, 3.8) is 0 Å². The monoisotopic (exact) mass is 301 g/mol. The SMILES string of the molecule is Cc1ccc(F)c(S(=O)(=O)N2CCNCC2C(N)=O)c1. The van der Waals surface area contributed by atoms with E-state index in [2.05, 4.69) is 5.32 Å². The molecule has 3 N–H and O–H groups in total. The number of nitrogens with zero attached hydrogens (tertiary/aromatic N) is 1. The third-order valence-electron chi connectivity index (χ3n) is 3.20. The smallest absolute Gasteiger partial charge is 0.246 e. The highest BCUT2D eigenvalue weighted by Gasteiger charge is 2.37. The first kappa shape index (κ1) is 14.9. The quantitative estimate of drug-likeness (QED) is 0.793. The van der Waals surface area contributed by atoms with Crippen LogP contribution >= 0.6 is 0 Å². The second kappa shape index (κ2) is 5.47. The van der Waals surface area contributed by atoms with E-state index < -0.39 is 32.7 Å². The van der Waals surface area contributed by atoms with Crippen molar-refractivity contribution in [2.45, 2.75) is 17.9 Å². The Kier molecular flexibility index (Phi) is 4.07. The Morgan fingerprint density at radius 2 is 2.20 bits per heavy atom. The van der Waals surface area contributed by atoms with Gasteiger partial charge < -0.3 is 11.1 Å². The third kappa shape index (κ3) is 2.67. The van der Waals surface area contributed by atoms with Gasteiger partial charge in [-0.05, 0) is 24.6 Å². The summed E-state index contributed by atoms with van der Waals surface area (Å²) in [6.07, 6.45) is 0. The van der Waals surface area contributed by atoms with Crippen molar-refractivity contribution >= 4 is 15.9 Å². The summed E-state index contributed by atoms with van der Waals surface area (Å²) in [7, 11) is -4.09. The van der Waals surface area contributed by atoms with Crippen LogP contribution in [0, 0.1) is 12.7 Å². The van der Waals surface area contributed by atoms with E-state index in [9.17, 15) is 17.6 Å². The lowest BCUT2D eigenvalue weighted by atomic mass is 10.2. The number of halogens is 1. The second-order valence-corrected chi connectivity index (χ2v) is 6.53. The molecule has 0 radical (unpaired) electrons. The summed E-state index contributed by atoms with van der Waals surface area (Å²) in [6, 6.07) is 2.83. The first-order valence-electron chi connectivity index (χ1n) is 6.12. The summed E-state index contributed by atoms with van der Waals surface area (Å²) < 4.78 is 39.8. The lowest BCUT2D eigenvalue weighted by Crippen LogP contribution is -2.58. The van der Waals surface area contributed by atoms with E-state index in [0.717, 1.165) is 10.4 Å². The maximum Gasteiger partial charge on any atom is 0.246 e. The molecule has 1 atom stereocenters. The number of primary amides is 1. The Labute approximate surface area is 116 Å². The van der Waals surface area contributed by atoms with Crippen LogP contribution in [0.15, 0.2) is 23.1 Å². The molecule has 0 bridgehead atoms. The van der Waals surface area contributed by atoms with E-state index in [1.807, 2.05) is 0 Å². The average molecular weight is 301 g/mol. The maximum absolute atomic E-state index is 13.8. The van der Waals surface area contributed by atoms with Crippen molar-refractivity contribution in [3.8, 4) is 0 Å². The summed E-state index contributed by atoms with van der Waals surface area (Å²) >= 11 is 0. The van der Waals surface area contributed by atoms with Crippen molar-refractivity contribution in [3.05, 3.63) is 29.6 Å². The van der Waals surface area contributed by atoms with Crippen LogP contribution in [0.5, 0.6) is 0 Å². The van der Waals surface area contributed by atoms with Crippen LogP contribution in [0.2, 0.25) is 0 Å². The van der Waals surface area contributed by atoms with E-state index in [4.69, 9.17) is 5.73 Å². The zero-order valence-electron chi connectivity index (χ0n) is 11.0. The number of rotatable bonds is 3. The summed E-state index contributed by atoms with van der Waals surface area (Å²) in [5.41, 5.74) is 5.84. The standard InChI is InChI=1S/C12H16FN3O3S/c1-8-2-3-9(13)11(6-8)20(18,19)16-5-4-15-7-10(16)12(14)17/h2-3,6,10,15H,4-5,7H2,1H3,(H2,14,17). The highest BCUT2D eigenvalue weighted by Crippen LogP contribution is 2.23. The first-order chi connectivity index (χ1) is 9.34. The summed E-state index contributed by atoms with van der Waals surface area (Å²) in [6.45, 7) is 2.25. The van der Waals surface area contributed by atoms with Crippen LogP contribution in [0.25, 0.3) is 0 Å². The van der Waals surface area contributed by atoms with E-state index >= 15 is 0 Å². The molecule has 20 heavy (non-hydrogen) atoms. The van der Waals surface area contributed by atoms with Crippen LogP contribution in [-0.2, 0) is 14.8 Å². The third-order valence-corrected chi connectivity index (χ3v) is 5.12. The van der Waals surface area contributed by atoms with Crippen molar-refractivity contribution in [1.82, 2.24) is 9.62 Å². The molecule has 1 aliphatic heterocycles. The number of piperazine rings is 1. The Balaban J connectivity index is 2.47. The van der Waals surface area contributed by atoms with Gasteiger partial charge in [-0.15, -0.1) is 0 Å². The van der Waals surface area contributed by atoms with Gasteiger partial charge in [0, 0.05) is 19.6 Å². The predicted molar refractivity (Wildman–Crippen MR) is 70.9 cm³/mol. The molecule has 6 nitrogen and oxygen atoms in total. The number of nitrogens with one attached hydrogen (secondary N) is 1. The van der Waals surface area contributed by atoms with E-state index in [1.54, 1.807) is 6.92 Å². The molecule has 0 aliphatic carbocycles. The Bertz CT molecular complexity index is 633. The molecule has 0 spiro atoms. The topological polar surface area (TPSA) is 92.5 Å².